The SMILES string of the molecule is CCOC1CCCN(c2nc(Cl)nc(OC)n2)C1. The Morgan fingerprint density at radius 2 is 2.22 bits per heavy atom. The largest absolute Gasteiger partial charge is 0.467 e. The molecule has 6 nitrogen and oxygen atoms in total. The summed E-state index contributed by atoms with van der Waals surface area (Å²) in [6.45, 7) is 4.39. The summed E-state index contributed by atoms with van der Waals surface area (Å²) in [7, 11) is 1.51. The molecule has 0 spiro atoms. The monoisotopic (exact) mass is 272 g/mol. The summed E-state index contributed by atoms with van der Waals surface area (Å²) in [5, 5.41) is 0.149. The number of aromatic nitrogens is 3. The minimum absolute atomic E-state index is 0.149. The molecule has 1 fully saturated rings. The van der Waals surface area contributed by atoms with Crippen molar-refractivity contribution in [2.24, 2.45) is 0 Å². The van der Waals surface area contributed by atoms with E-state index in [-0.39, 0.29) is 17.4 Å². The molecule has 2 heterocycles. The van der Waals surface area contributed by atoms with Crippen LogP contribution in [0.5, 0.6) is 6.01 Å². The number of piperidine rings is 1. The van der Waals surface area contributed by atoms with E-state index < -0.39 is 0 Å². The highest BCUT2D eigenvalue weighted by molar-refractivity contribution is 6.28. The zero-order chi connectivity index (χ0) is 13.0. The van der Waals surface area contributed by atoms with E-state index in [0.717, 1.165) is 32.5 Å². The number of anilines is 1. The molecule has 18 heavy (non-hydrogen) atoms. The van der Waals surface area contributed by atoms with Crippen LogP contribution in [0.3, 0.4) is 0 Å². The lowest BCUT2D eigenvalue weighted by Gasteiger charge is -2.32. The molecule has 0 aliphatic carbocycles. The first-order valence-corrected chi connectivity index (χ1v) is 6.43. The Bertz CT molecular complexity index is 403. The number of hydrogen-bond donors (Lipinski definition) is 0. The third-order valence-corrected chi connectivity index (χ3v) is 2.99. The van der Waals surface area contributed by atoms with Crippen LogP contribution < -0.4 is 9.64 Å². The van der Waals surface area contributed by atoms with Gasteiger partial charge in [0.2, 0.25) is 11.2 Å². The molecule has 0 saturated carbocycles. The smallest absolute Gasteiger partial charge is 0.322 e. The van der Waals surface area contributed by atoms with Crippen molar-refractivity contribution in [2.75, 3.05) is 31.7 Å². The first-order chi connectivity index (χ1) is 8.72. The number of halogens is 1. The quantitative estimate of drug-likeness (QED) is 0.829. The van der Waals surface area contributed by atoms with Gasteiger partial charge in [-0.05, 0) is 31.4 Å². The van der Waals surface area contributed by atoms with E-state index in [1.807, 2.05) is 6.92 Å². The Labute approximate surface area is 111 Å². The van der Waals surface area contributed by atoms with E-state index in [9.17, 15) is 0 Å². The molecule has 1 atom stereocenters. The van der Waals surface area contributed by atoms with Crippen molar-refractivity contribution in [3.8, 4) is 6.01 Å². The van der Waals surface area contributed by atoms with Gasteiger partial charge < -0.3 is 14.4 Å². The van der Waals surface area contributed by atoms with Gasteiger partial charge in [-0.25, -0.2) is 0 Å². The van der Waals surface area contributed by atoms with Gasteiger partial charge >= 0.3 is 6.01 Å². The Balaban J connectivity index is 2.12. The lowest BCUT2D eigenvalue weighted by Crippen LogP contribution is -2.40. The van der Waals surface area contributed by atoms with E-state index in [0.29, 0.717) is 5.95 Å². The second-order valence-electron chi connectivity index (χ2n) is 4.06. The van der Waals surface area contributed by atoms with Gasteiger partial charge in [0, 0.05) is 19.7 Å². The van der Waals surface area contributed by atoms with Gasteiger partial charge in [-0.2, -0.15) is 15.0 Å². The van der Waals surface area contributed by atoms with Gasteiger partial charge in [-0.3, -0.25) is 0 Å². The maximum Gasteiger partial charge on any atom is 0.322 e. The lowest BCUT2D eigenvalue weighted by molar-refractivity contribution is 0.0523. The summed E-state index contributed by atoms with van der Waals surface area (Å²) in [6, 6.07) is 0.239. The molecular formula is C11H17ClN4O2. The van der Waals surface area contributed by atoms with Crippen LogP contribution in [-0.2, 0) is 4.74 Å². The molecule has 1 unspecified atom stereocenters. The molecule has 7 heteroatoms. The van der Waals surface area contributed by atoms with Crippen LogP contribution in [0.2, 0.25) is 5.28 Å². The van der Waals surface area contributed by atoms with Gasteiger partial charge in [0.15, 0.2) is 0 Å². The first kappa shape index (κ1) is 13.3. The predicted octanol–water partition coefficient (Wildman–Crippen LogP) is 1.54. The Hall–Kier alpha value is -1.14. The van der Waals surface area contributed by atoms with Gasteiger partial charge in [0.1, 0.15) is 0 Å². The average molecular weight is 273 g/mol. The first-order valence-electron chi connectivity index (χ1n) is 6.05. The highest BCUT2D eigenvalue weighted by atomic mass is 35.5. The van der Waals surface area contributed by atoms with E-state index >= 15 is 0 Å². The van der Waals surface area contributed by atoms with Crippen molar-refractivity contribution in [1.29, 1.82) is 0 Å². The fourth-order valence-corrected chi connectivity index (χ4v) is 2.19. The number of ether oxygens (including phenoxy) is 2. The number of nitrogens with zero attached hydrogens (tertiary/aromatic N) is 4. The maximum absolute atomic E-state index is 5.85. The molecule has 1 aromatic heterocycles. The molecule has 0 aromatic carbocycles. The van der Waals surface area contributed by atoms with Crippen LogP contribution in [0.25, 0.3) is 0 Å². The van der Waals surface area contributed by atoms with Crippen LogP contribution in [0.15, 0.2) is 0 Å². The Morgan fingerprint density at radius 3 is 2.94 bits per heavy atom. The normalized spacial score (nSPS) is 19.9. The minimum Gasteiger partial charge on any atom is -0.467 e. The second-order valence-corrected chi connectivity index (χ2v) is 4.39. The van der Waals surface area contributed by atoms with Crippen LogP contribution >= 0.6 is 11.6 Å². The summed E-state index contributed by atoms with van der Waals surface area (Å²) >= 11 is 5.85. The van der Waals surface area contributed by atoms with E-state index in [4.69, 9.17) is 21.1 Å². The maximum atomic E-state index is 5.85. The molecule has 2 rings (SSSR count). The Morgan fingerprint density at radius 1 is 1.39 bits per heavy atom. The number of methoxy groups -OCH3 is 1. The van der Waals surface area contributed by atoms with Crippen LogP contribution in [0.1, 0.15) is 19.8 Å². The molecule has 0 N–H and O–H groups in total. The summed E-state index contributed by atoms with van der Waals surface area (Å²) in [4.78, 5) is 14.3. The van der Waals surface area contributed by atoms with Crippen LogP contribution in [-0.4, -0.2) is 47.9 Å². The minimum atomic E-state index is 0.149. The lowest BCUT2D eigenvalue weighted by atomic mass is 10.1. The van der Waals surface area contributed by atoms with Crippen molar-refractivity contribution in [2.45, 2.75) is 25.9 Å². The van der Waals surface area contributed by atoms with Crippen LogP contribution in [0.4, 0.5) is 5.95 Å². The zero-order valence-corrected chi connectivity index (χ0v) is 11.4. The standard InChI is InChI=1S/C11H17ClN4O2/c1-3-18-8-5-4-6-16(7-8)10-13-9(12)14-11(15-10)17-2/h8H,3-7H2,1-2H3. The fraction of sp³-hybridized carbons (Fsp3) is 0.727. The molecule has 1 aliphatic rings. The van der Waals surface area contributed by atoms with Gasteiger partial charge in [0.25, 0.3) is 0 Å². The van der Waals surface area contributed by atoms with Gasteiger partial charge in [-0.15, -0.1) is 0 Å². The number of rotatable bonds is 4. The molecule has 1 aliphatic heterocycles. The third-order valence-electron chi connectivity index (χ3n) is 2.82. The summed E-state index contributed by atoms with van der Waals surface area (Å²) < 4.78 is 10.6. The van der Waals surface area contributed by atoms with Crippen molar-refractivity contribution in [3.63, 3.8) is 0 Å². The van der Waals surface area contributed by atoms with E-state index in [1.54, 1.807) is 0 Å². The van der Waals surface area contributed by atoms with Crippen molar-refractivity contribution >= 4 is 17.5 Å². The molecule has 100 valence electrons. The average Bonchev–Trinajstić information content (AvgIpc) is 2.39. The fourth-order valence-electron chi connectivity index (χ4n) is 2.05. The molecule has 0 bridgehead atoms. The summed E-state index contributed by atoms with van der Waals surface area (Å²) in [5.41, 5.74) is 0. The van der Waals surface area contributed by atoms with Crippen molar-refractivity contribution < 1.29 is 9.47 Å². The zero-order valence-electron chi connectivity index (χ0n) is 10.6. The van der Waals surface area contributed by atoms with E-state index in [1.165, 1.54) is 7.11 Å². The van der Waals surface area contributed by atoms with E-state index in [2.05, 4.69) is 19.9 Å². The molecular weight excluding hydrogens is 256 g/mol. The molecule has 1 saturated heterocycles. The van der Waals surface area contributed by atoms with Gasteiger partial charge in [0.05, 0.1) is 13.2 Å². The second kappa shape index (κ2) is 6.15. The third kappa shape index (κ3) is 3.20. The highest BCUT2D eigenvalue weighted by Crippen LogP contribution is 2.20. The molecule has 0 radical (unpaired) electrons. The number of hydrogen-bond acceptors (Lipinski definition) is 6. The van der Waals surface area contributed by atoms with Crippen molar-refractivity contribution in [3.05, 3.63) is 5.28 Å². The summed E-state index contributed by atoms with van der Waals surface area (Å²) in [5.74, 6) is 0.552. The Kier molecular flexibility index (Phi) is 4.54. The van der Waals surface area contributed by atoms with Gasteiger partial charge in [-0.1, -0.05) is 0 Å². The topological polar surface area (TPSA) is 60.4 Å². The summed E-state index contributed by atoms with van der Waals surface area (Å²) in [6.07, 6.45) is 2.35. The highest BCUT2D eigenvalue weighted by Gasteiger charge is 2.23. The van der Waals surface area contributed by atoms with Crippen LogP contribution in [0, 0.1) is 0 Å². The molecule has 0 amide bonds. The predicted molar refractivity (Wildman–Crippen MR) is 68.3 cm³/mol. The molecule has 1 aromatic rings. The van der Waals surface area contributed by atoms with Crippen molar-refractivity contribution in [1.82, 2.24) is 15.0 Å².